The van der Waals surface area contributed by atoms with E-state index in [2.05, 4.69) is 32.4 Å². The first kappa shape index (κ1) is 21.2. The monoisotopic (exact) mass is 453 g/mol. The van der Waals surface area contributed by atoms with E-state index in [0.717, 1.165) is 16.8 Å². The van der Waals surface area contributed by atoms with E-state index in [-0.39, 0.29) is 12.5 Å². The maximum absolute atomic E-state index is 13.0. The molecule has 0 aliphatic carbocycles. The first-order chi connectivity index (χ1) is 16.5. The molecule has 9 nitrogen and oxygen atoms in total. The molecule has 5 rings (SSSR count). The fourth-order valence-corrected chi connectivity index (χ4v) is 3.94. The van der Waals surface area contributed by atoms with E-state index in [9.17, 15) is 14.4 Å². The lowest BCUT2D eigenvalue weighted by Crippen LogP contribution is -2.54. The number of carbonyl (C=O) groups excluding carboxylic acids is 3. The summed E-state index contributed by atoms with van der Waals surface area (Å²) >= 11 is 0. The molecule has 2 N–H and O–H groups in total. The summed E-state index contributed by atoms with van der Waals surface area (Å²) < 4.78 is 5.21. The molecule has 168 valence electrons. The summed E-state index contributed by atoms with van der Waals surface area (Å²) in [5, 5.41) is 4.83. The average Bonchev–Trinajstić information content (AvgIpc) is 3.32. The third-order valence-electron chi connectivity index (χ3n) is 5.71. The highest BCUT2D eigenvalue weighted by atomic mass is 16.5. The Labute approximate surface area is 195 Å². The minimum atomic E-state index is -1.58. The molecule has 4 amide bonds. The van der Waals surface area contributed by atoms with E-state index < -0.39 is 17.5 Å². The molecule has 0 spiro atoms. The minimum absolute atomic E-state index is 0.103. The summed E-state index contributed by atoms with van der Waals surface area (Å²) in [7, 11) is 1.53. The summed E-state index contributed by atoms with van der Waals surface area (Å²) in [6, 6.07) is 11.9. The number of carbonyl (C=O) groups is 3. The van der Waals surface area contributed by atoms with Crippen LogP contribution in [0.3, 0.4) is 0 Å². The number of hydrogen-bond donors (Lipinski definition) is 2. The second-order valence-electron chi connectivity index (χ2n) is 7.92. The smallest absolute Gasteiger partial charge is 0.323 e. The van der Waals surface area contributed by atoms with Gasteiger partial charge in [0.25, 0.3) is 11.8 Å². The maximum atomic E-state index is 13.0. The number of ether oxygens (including phenoxy) is 1. The molecule has 0 saturated carbocycles. The number of methoxy groups -OCH3 is 1. The first-order valence-electron chi connectivity index (χ1n) is 10.5. The number of urea groups is 1. The lowest BCUT2D eigenvalue weighted by molar-refractivity contribution is -0.122. The Bertz CT molecular complexity index is 1360. The van der Waals surface area contributed by atoms with Crippen molar-refractivity contribution in [3.63, 3.8) is 0 Å². The van der Waals surface area contributed by atoms with E-state index >= 15 is 0 Å². The molecule has 1 atom stereocenters. The summed E-state index contributed by atoms with van der Waals surface area (Å²) in [6.07, 6.45) is 4.98. The summed E-state index contributed by atoms with van der Waals surface area (Å²) in [5.41, 5.74) is 1.89. The van der Waals surface area contributed by atoms with Crippen LogP contribution in [0.1, 0.15) is 21.5 Å². The first-order valence-corrected chi connectivity index (χ1v) is 10.5. The summed E-state index contributed by atoms with van der Waals surface area (Å²) in [6.45, 7) is 0.195. The lowest BCUT2D eigenvalue weighted by Gasteiger charge is -2.26. The number of aromatic nitrogens is 2. The fraction of sp³-hybridized carbons (Fsp3) is 0.160. The van der Waals surface area contributed by atoms with Crippen molar-refractivity contribution in [1.29, 1.82) is 0 Å². The zero-order chi connectivity index (χ0) is 23.7. The predicted octanol–water partition coefficient (Wildman–Crippen LogP) is 1.74. The number of hydrogen-bond acceptors (Lipinski definition) is 6. The number of benzene rings is 1. The Kier molecular flexibility index (Phi) is 5.18. The largest absolute Gasteiger partial charge is 0.497 e. The van der Waals surface area contributed by atoms with Gasteiger partial charge in [-0.1, -0.05) is 17.9 Å². The zero-order valence-electron chi connectivity index (χ0n) is 18.2. The van der Waals surface area contributed by atoms with Gasteiger partial charge >= 0.3 is 6.03 Å². The molecule has 4 heterocycles. The molecule has 3 aromatic rings. The van der Waals surface area contributed by atoms with E-state index in [1.54, 1.807) is 42.9 Å². The third-order valence-corrected chi connectivity index (χ3v) is 5.71. The molecular weight excluding hydrogens is 434 g/mol. The molecule has 2 aromatic heterocycles. The molecule has 0 bridgehead atoms. The Hall–Kier alpha value is -4.71. The van der Waals surface area contributed by atoms with Crippen LogP contribution in [0.5, 0.6) is 5.75 Å². The van der Waals surface area contributed by atoms with Crippen molar-refractivity contribution in [3.8, 4) is 28.8 Å². The highest BCUT2D eigenvalue weighted by molar-refractivity contribution is 6.10. The van der Waals surface area contributed by atoms with Crippen molar-refractivity contribution < 1.29 is 19.1 Å². The molecule has 34 heavy (non-hydrogen) atoms. The van der Waals surface area contributed by atoms with E-state index in [4.69, 9.17) is 4.74 Å². The second-order valence-corrected chi connectivity index (χ2v) is 7.92. The summed E-state index contributed by atoms with van der Waals surface area (Å²) in [5.74, 6) is 5.51. The fourth-order valence-electron chi connectivity index (χ4n) is 3.94. The van der Waals surface area contributed by atoms with Gasteiger partial charge in [-0.3, -0.25) is 24.9 Å². The van der Waals surface area contributed by atoms with Crippen LogP contribution < -0.4 is 15.4 Å². The number of rotatable bonds is 4. The highest BCUT2D eigenvalue weighted by Gasteiger charge is 2.48. The van der Waals surface area contributed by atoms with Crippen LogP contribution in [0.15, 0.2) is 61.1 Å². The van der Waals surface area contributed by atoms with Crippen LogP contribution in [0, 0.1) is 11.8 Å². The van der Waals surface area contributed by atoms with E-state index in [0.29, 0.717) is 23.4 Å². The lowest BCUT2D eigenvalue weighted by atomic mass is 9.99. The number of nitrogens with one attached hydrogen (secondary N) is 2. The number of fused-ring (bicyclic) bond motifs is 1. The highest BCUT2D eigenvalue weighted by Crippen LogP contribution is 2.28. The van der Waals surface area contributed by atoms with Gasteiger partial charge in [0.2, 0.25) is 5.54 Å². The topological polar surface area (TPSA) is 114 Å². The zero-order valence-corrected chi connectivity index (χ0v) is 18.2. The van der Waals surface area contributed by atoms with Crippen LogP contribution in [0.2, 0.25) is 0 Å². The quantitative estimate of drug-likeness (QED) is 0.460. The maximum Gasteiger partial charge on any atom is 0.323 e. The predicted molar refractivity (Wildman–Crippen MR) is 121 cm³/mol. The Morgan fingerprint density at radius 3 is 2.71 bits per heavy atom. The molecule has 1 saturated heterocycles. The summed E-state index contributed by atoms with van der Waals surface area (Å²) in [4.78, 5) is 47.7. The number of pyridine rings is 2. The molecule has 0 unspecified atom stereocenters. The molecule has 2 aliphatic rings. The number of imide groups is 1. The molecule has 2 aliphatic heterocycles. The van der Waals surface area contributed by atoms with Crippen molar-refractivity contribution in [1.82, 2.24) is 25.5 Å². The van der Waals surface area contributed by atoms with Gasteiger partial charge in [-0.05, 0) is 42.0 Å². The van der Waals surface area contributed by atoms with Crippen molar-refractivity contribution in [2.24, 2.45) is 0 Å². The van der Waals surface area contributed by atoms with Crippen molar-refractivity contribution in [2.45, 2.75) is 12.1 Å². The Morgan fingerprint density at radius 1 is 1.15 bits per heavy atom. The van der Waals surface area contributed by atoms with Crippen LogP contribution in [-0.2, 0) is 11.3 Å². The van der Waals surface area contributed by atoms with Crippen LogP contribution in [0.4, 0.5) is 4.79 Å². The van der Waals surface area contributed by atoms with Crippen molar-refractivity contribution in [3.05, 3.63) is 77.7 Å². The standard InChI is InChI=1S/C25H19N5O4/c1-34-19-6-5-18-14-30(22(31)20(18)11-19)15-25(23(32)28-24(33)29-25)9-8-16-4-7-21(27-12-16)17-3-2-10-26-13-17/h2-7,10-13H,14-15H2,1H3,(H2,28,29,32,33)/t25-/m1/s1. The van der Waals surface area contributed by atoms with Gasteiger partial charge in [-0.25, -0.2) is 4.79 Å². The Balaban J connectivity index is 1.41. The van der Waals surface area contributed by atoms with Crippen LogP contribution in [0.25, 0.3) is 11.3 Å². The minimum Gasteiger partial charge on any atom is -0.497 e. The SMILES string of the molecule is COc1ccc2c(c1)C(=O)N(C[C@@]1(C#Cc3ccc(-c4cccnc4)nc3)NC(=O)NC1=O)C2. The van der Waals surface area contributed by atoms with Crippen molar-refractivity contribution >= 4 is 17.8 Å². The van der Waals surface area contributed by atoms with Gasteiger partial charge in [0, 0.05) is 41.8 Å². The van der Waals surface area contributed by atoms with Gasteiger partial charge in [-0.15, -0.1) is 0 Å². The Morgan fingerprint density at radius 2 is 2.03 bits per heavy atom. The normalized spacial score (nSPS) is 18.6. The van der Waals surface area contributed by atoms with E-state index in [1.807, 2.05) is 18.2 Å². The van der Waals surface area contributed by atoms with Gasteiger partial charge in [0.15, 0.2) is 0 Å². The average molecular weight is 453 g/mol. The van der Waals surface area contributed by atoms with Crippen LogP contribution >= 0.6 is 0 Å². The molecule has 1 aromatic carbocycles. The van der Waals surface area contributed by atoms with Crippen molar-refractivity contribution in [2.75, 3.05) is 13.7 Å². The molecular formula is C25H19N5O4. The molecule has 0 radical (unpaired) electrons. The van der Waals surface area contributed by atoms with Gasteiger partial charge in [-0.2, -0.15) is 0 Å². The number of amides is 4. The van der Waals surface area contributed by atoms with Gasteiger partial charge in [0.1, 0.15) is 5.75 Å². The second kappa shape index (κ2) is 8.33. The third kappa shape index (κ3) is 3.82. The van der Waals surface area contributed by atoms with Gasteiger partial charge < -0.3 is 15.0 Å². The van der Waals surface area contributed by atoms with Crippen LogP contribution in [-0.4, -0.2) is 51.9 Å². The molecule has 9 heteroatoms. The van der Waals surface area contributed by atoms with E-state index in [1.165, 1.54) is 12.0 Å². The number of nitrogens with zero attached hydrogens (tertiary/aromatic N) is 3. The van der Waals surface area contributed by atoms with Gasteiger partial charge in [0.05, 0.1) is 19.3 Å². The molecule has 1 fully saturated rings.